The molecule has 0 bridgehead atoms. The quantitative estimate of drug-likeness (QED) is 0.819. The average molecular weight is 253 g/mol. The molecule has 1 atom stereocenters. The van der Waals surface area contributed by atoms with Crippen LogP contribution in [-0.2, 0) is 4.79 Å². The molecule has 0 fully saturated rings. The van der Waals surface area contributed by atoms with E-state index >= 15 is 0 Å². The van der Waals surface area contributed by atoms with Crippen LogP contribution in [0.1, 0.15) is 18.4 Å². The second kappa shape index (κ2) is 5.70. The minimum Gasteiger partial charge on any atom is -0.348 e. The van der Waals surface area contributed by atoms with Crippen LogP contribution in [0.15, 0.2) is 54.6 Å². The summed E-state index contributed by atoms with van der Waals surface area (Å²) in [6.45, 7) is 1.94. The SMILES string of the molecule is CC(C(=O)N(C)C)c1ccc(-c2ccccc2)cc1. The Labute approximate surface area is 114 Å². The third kappa shape index (κ3) is 3.02. The largest absolute Gasteiger partial charge is 0.348 e. The van der Waals surface area contributed by atoms with Crippen molar-refractivity contribution < 1.29 is 4.79 Å². The summed E-state index contributed by atoms with van der Waals surface area (Å²) in [4.78, 5) is 13.6. The monoisotopic (exact) mass is 253 g/mol. The molecule has 19 heavy (non-hydrogen) atoms. The van der Waals surface area contributed by atoms with Crippen molar-refractivity contribution in [2.75, 3.05) is 14.1 Å². The van der Waals surface area contributed by atoms with E-state index in [1.54, 1.807) is 19.0 Å². The fourth-order valence-corrected chi connectivity index (χ4v) is 2.12. The van der Waals surface area contributed by atoms with Crippen LogP contribution in [0.5, 0.6) is 0 Å². The number of likely N-dealkylation sites (N-methyl/N-ethyl adjacent to an activating group) is 1. The van der Waals surface area contributed by atoms with Crippen LogP contribution in [0.3, 0.4) is 0 Å². The summed E-state index contributed by atoms with van der Waals surface area (Å²) in [5, 5.41) is 0. The summed E-state index contributed by atoms with van der Waals surface area (Å²) in [5.74, 6) is 0.0345. The van der Waals surface area contributed by atoms with E-state index in [1.807, 2.05) is 37.3 Å². The van der Waals surface area contributed by atoms with Crippen LogP contribution in [0.4, 0.5) is 0 Å². The van der Waals surface area contributed by atoms with E-state index in [0.29, 0.717) is 0 Å². The van der Waals surface area contributed by atoms with Crippen molar-refractivity contribution in [2.45, 2.75) is 12.8 Å². The van der Waals surface area contributed by atoms with Crippen molar-refractivity contribution in [2.24, 2.45) is 0 Å². The van der Waals surface area contributed by atoms with E-state index in [4.69, 9.17) is 0 Å². The third-order valence-corrected chi connectivity index (χ3v) is 3.33. The first kappa shape index (κ1) is 13.3. The van der Waals surface area contributed by atoms with Gasteiger partial charge in [-0.05, 0) is 23.6 Å². The Morgan fingerprint density at radius 2 is 1.42 bits per heavy atom. The molecule has 0 radical (unpaired) electrons. The molecular weight excluding hydrogens is 234 g/mol. The number of nitrogens with zero attached hydrogens (tertiary/aromatic N) is 1. The molecule has 2 aromatic rings. The van der Waals surface area contributed by atoms with E-state index in [0.717, 1.165) is 5.56 Å². The molecule has 0 spiro atoms. The highest BCUT2D eigenvalue weighted by Crippen LogP contribution is 2.23. The van der Waals surface area contributed by atoms with Gasteiger partial charge in [-0.3, -0.25) is 4.79 Å². The number of carbonyl (C=O) groups excluding carboxylic acids is 1. The third-order valence-electron chi connectivity index (χ3n) is 3.33. The van der Waals surface area contributed by atoms with Gasteiger partial charge in [-0.1, -0.05) is 54.6 Å². The maximum atomic E-state index is 11.9. The molecule has 0 heterocycles. The molecule has 0 N–H and O–H groups in total. The second-order valence-corrected chi connectivity index (χ2v) is 4.94. The van der Waals surface area contributed by atoms with Gasteiger partial charge in [0.05, 0.1) is 5.92 Å². The highest BCUT2D eigenvalue weighted by Gasteiger charge is 2.16. The number of carbonyl (C=O) groups is 1. The Bertz CT molecular complexity index is 543. The molecule has 0 saturated carbocycles. The zero-order valence-electron chi connectivity index (χ0n) is 11.6. The highest BCUT2D eigenvalue weighted by molar-refractivity contribution is 5.83. The molecule has 2 aromatic carbocycles. The van der Waals surface area contributed by atoms with Gasteiger partial charge in [0.25, 0.3) is 0 Å². The first-order chi connectivity index (χ1) is 9.09. The van der Waals surface area contributed by atoms with Crippen molar-refractivity contribution in [1.29, 1.82) is 0 Å². The lowest BCUT2D eigenvalue weighted by Gasteiger charge is -2.17. The molecule has 0 aliphatic carbocycles. The van der Waals surface area contributed by atoms with E-state index in [1.165, 1.54) is 11.1 Å². The lowest BCUT2D eigenvalue weighted by Crippen LogP contribution is -2.26. The fraction of sp³-hybridized carbons (Fsp3) is 0.235. The first-order valence-corrected chi connectivity index (χ1v) is 6.46. The number of benzene rings is 2. The summed E-state index contributed by atoms with van der Waals surface area (Å²) >= 11 is 0. The number of hydrogen-bond acceptors (Lipinski definition) is 1. The van der Waals surface area contributed by atoms with Gasteiger partial charge >= 0.3 is 0 Å². The van der Waals surface area contributed by atoms with Gasteiger partial charge in [-0.2, -0.15) is 0 Å². The van der Waals surface area contributed by atoms with Crippen LogP contribution in [-0.4, -0.2) is 24.9 Å². The van der Waals surface area contributed by atoms with Gasteiger partial charge in [-0.25, -0.2) is 0 Å². The van der Waals surface area contributed by atoms with E-state index < -0.39 is 0 Å². The van der Waals surface area contributed by atoms with Crippen molar-refractivity contribution in [1.82, 2.24) is 4.90 Å². The molecule has 0 saturated heterocycles. The molecule has 98 valence electrons. The molecule has 2 heteroatoms. The zero-order valence-corrected chi connectivity index (χ0v) is 11.6. The molecule has 0 aliphatic rings. The number of hydrogen-bond donors (Lipinski definition) is 0. The zero-order chi connectivity index (χ0) is 13.8. The Morgan fingerprint density at radius 1 is 0.895 bits per heavy atom. The maximum absolute atomic E-state index is 11.9. The molecule has 1 unspecified atom stereocenters. The van der Waals surface area contributed by atoms with Gasteiger partial charge in [0.1, 0.15) is 0 Å². The van der Waals surface area contributed by atoms with E-state index in [9.17, 15) is 4.79 Å². The van der Waals surface area contributed by atoms with Crippen molar-refractivity contribution in [3.63, 3.8) is 0 Å². The smallest absolute Gasteiger partial charge is 0.229 e. The Kier molecular flexibility index (Phi) is 4.00. The lowest BCUT2D eigenvalue weighted by molar-refractivity contribution is -0.129. The Morgan fingerprint density at radius 3 is 1.95 bits per heavy atom. The fourth-order valence-electron chi connectivity index (χ4n) is 2.12. The second-order valence-electron chi connectivity index (χ2n) is 4.94. The van der Waals surface area contributed by atoms with Crippen LogP contribution in [0.25, 0.3) is 11.1 Å². The molecule has 0 aromatic heterocycles. The summed E-state index contributed by atoms with van der Waals surface area (Å²) in [6, 6.07) is 18.5. The van der Waals surface area contributed by atoms with Gasteiger partial charge in [0.2, 0.25) is 5.91 Å². The molecular formula is C17H19NO. The van der Waals surface area contributed by atoms with Gasteiger partial charge in [-0.15, -0.1) is 0 Å². The highest BCUT2D eigenvalue weighted by atomic mass is 16.2. The van der Waals surface area contributed by atoms with E-state index in [2.05, 4.69) is 24.3 Å². The summed E-state index contributed by atoms with van der Waals surface area (Å²) in [5.41, 5.74) is 3.42. The molecule has 2 nitrogen and oxygen atoms in total. The maximum Gasteiger partial charge on any atom is 0.229 e. The summed E-state index contributed by atoms with van der Waals surface area (Å²) in [6.07, 6.45) is 0. The lowest BCUT2D eigenvalue weighted by atomic mass is 9.97. The topological polar surface area (TPSA) is 20.3 Å². The number of rotatable bonds is 3. The average Bonchev–Trinajstić information content (AvgIpc) is 2.46. The van der Waals surface area contributed by atoms with Crippen LogP contribution in [0.2, 0.25) is 0 Å². The van der Waals surface area contributed by atoms with Crippen LogP contribution < -0.4 is 0 Å². The summed E-state index contributed by atoms with van der Waals surface area (Å²) < 4.78 is 0. The van der Waals surface area contributed by atoms with Crippen molar-refractivity contribution in [3.05, 3.63) is 60.2 Å². The first-order valence-electron chi connectivity index (χ1n) is 6.46. The van der Waals surface area contributed by atoms with Crippen molar-refractivity contribution in [3.8, 4) is 11.1 Å². The van der Waals surface area contributed by atoms with Crippen molar-refractivity contribution >= 4 is 5.91 Å². The van der Waals surface area contributed by atoms with Crippen LogP contribution >= 0.6 is 0 Å². The van der Waals surface area contributed by atoms with Crippen LogP contribution in [0, 0.1) is 0 Å². The molecule has 0 aliphatic heterocycles. The molecule has 1 amide bonds. The Balaban J connectivity index is 2.22. The van der Waals surface area contributed by atoms with Gasteiger partial charge < -0.3 is 4.90 Å². The van der Waals surface area contributed by atoms with Gasteiger partial charge in [0, 0.05) is 14.1 Å². The minimum atomic E-state index is -0.0974. The standard InChI is InChI=1S/C17H19NO/c1-13(17(19)18(2)3)14-9-11-16(12-10-14)15-7-5-4-6-8-15/h4-13H,1-3H3. The molecule has 2 rings (SSSR count). The number of amides is 1. The minimum absolute atomic E-state index is 0.0974. The van der Waals surface area contributed by atoms with Gasteiger partial charge in [0.15, 0.2) is 0 Å². The van der Waals surface area contributed by atoms with E-state index in [-0.39, 0.29) is 11.8 Å². The predicted octanol–water partition coefficient (Wildman–Crippen LogP) is 3.55. The predicted molar refractivity (Wildman–Crippen MR) is 79.0 cm³/mol. The summed E-state index contributed by atoms with van der Waals surface area (Å²) in [7, 11) is 3.58. The Hall–Kier alpha value is -2.09. The normalized spacial score (nSPS) is 11.9.